The van der Waals surface area contributed by atoms with E-state index in [2.05, 4.69) is 19.8 Å². The number of ether oxygens (including phenoxy) is 2. The predicted molar refractivity (Wildman–Crippen MR) is 96.4 cm³/mol. The molecule has 0 fully saturated rings. The molecule has 0 bridgehead atoms. The van der Waals surface area contributed by atoms with Crippen LogP contribution in [0, 0.1) is 0 Å². The molecule has 0 radical (unpaired) electrons. The number of pyridine rings is 1. The van der Waals surface area contributed by atoms with E-state index in [1.807, 2.05) is 4.72 Å². The van der Waals surface area contributed by atoms with Crippen LogP contribution in [0.25, 0.3) is 0 Å². The molecule has 2 amide bonds. The molecule has 0 atom stereocenters. The van der Waals surface area contributed by atoms with Crippen molar-refractivity contribution in [3.05, 3.63) is 53.7 Å². The SMILES string of the molecule is CCNC(=O)c1cccc(S(=O)(=O)NC(=O)c2ccc(OC(=O)OC)nc2)c1. The Bertz CT molecular complexity index is 988. The van der Waals surface area contributed by atoms with Gasteiger partial charge in [-0.25, -0.2) is 22.9 Å². The van der Waals surface area contributed by atoms with Crippen molar-refractivity contribution in [2.45, 2.75) is 11.8 Å². The third-order valence-electron chi connectivity index (χ3n) is 3.32. The molecule has 0 unspecified atom stereocenters. The Balaban J connectivity index is 2.15. The molecule has 0 saturated carbocycles. The van der Waals surface area contributed by atoms with Gasteiger partial charge in [-0.15, -0.1) is 0 Å². The van der Waals surface area contributed by atoms with Gasteiger partial charge in [0.1, 0.15) is 0 Å². The van der Waals surface area contributed by atoms with Crippen LogP contribution in [0.1, 0.15) is 27.6 Å². The van der Waals surface area contributed by atoms with Crippen molar-refractivity contribution in [3.63, 3.8) is 0 Å². The molecule has 11 heteroatoms. The maximum Gasteiger partial charge on any atom is 0.514 e. The van der Waals surface area contributed by atoms with Crippen LogP contribution in [0.5, 0.6) is 5.88 Å². The Hall–Kier alpha value is -3.47. The Morgan fingerprint density at radius 1 is 1.07 bits per heavy atom. The molecule has 1 aromatic carbocycles. The Labute approximate surface area is 160 Å². The molecule has 10 nitrogen and oxygen atoms in total. The highest BCUT2D eigenvalue weighted by Crippen LogP contribution is 2.13. The summed E-state index contributed by atoms with van der Waals surface area (Å²) in [6, 6.07) is 7.69. The van der Waals surface area contributed by atoms with Gasteiger partial charge in [-0.1, -0.05) is 6.07 Å². The highest BCUT2D eigenvalue weighted by atomic mass is 32.2. The zero-order chi connectivity index (χ0) is 20.7. The second-order valence-corrected chi connectivity index (χ2v) is 6.95. The van der Waals surface area contributed by atoms with Crippen molar-refractivity contribution < 1.29 is 32.3 Å². The largest absolute Gasteiger partial charge is 0.514 e. The van der Waals surface area contributed by atoms with Crippen molar-refractivity contribution >= 4 is 28.0 Å². The van der Waals surface area contributed by atoms with Gasteiger partial charge in [0.25, 0.3) is 21.8 Å². The fourth-order valence-electron chi connectivity index (χ4n) is 2.01. The van der Waals surface area contributed by atoms with E-state index in [0.717, 1.165) is 19.4 Å². The van der Waals surface area contributed by atoms with Gasteiger partial charge < -0.3 is 14.8 Å². The van der Waals surface area contributed by atoms with E-state index in [4.69, 9.17) is 0 Å². The summed E-state index contributed by atoms with van der Waals surface area (Å²) >= 11 is 0. The van der Waals surface area contributed by atoms with E-state index in [9.17, 15) is 22.8 Å². The van der Waals surface area contributed by atoms with Crippen LogP contribution < -0.4 is 14.8 Å². The molecular weight excluding hydrogens is 390 g/mol. The lowest BCUT2D eigenvalue weighted by molar-refractivity contribution is 0.0953. The second kappa shape index (κ2) is 8.95. The molecule has 1 aromatic heterocycles. The van der Waals surface area contributed by atoms with Gasteiger partial charge in [-0.3, -0.25) is 9.59 Å². The summed E-state index contributed by atoms with van der Waals surface area (Å²) in [6.07, 6.45) is 0.0492. The topological polar surface area (TPSA) is 141 Å². The normalized spacial score (nSPS) is 10.6. The first-order chi connectivity index (χ1) is 13.3. The van der Waals surface area contributed by atoms with Crippen LogP contribution >= 0.6 is 0 Å². The van der Waals surface area contributed by atoms with Gasteiger partial charge >= 0.3 is 6.16 Å². The number of nitrogens with one attached hydrogen (secondary N) is 2. The molecule has 1 heterocycles. The van der Waals surface area contributed by atoms with Gasteiger partial charge in [0.05, 0.1) is 17.6 Å². The lowest BCUT2D eigenvalue weighted by Crippen LogP contribution is -2.31. The monoisotopic (exact) mass is 407 g/mol. The number of benzene rings is 1. The highest BCUT2D eigenvalue weighted by Gasteiger charge is 2.20. The molecule has 0 aliphatic heterocycles. The predicted octanol–water partition coefficient (Wildman–Crippen LogP) is 1.10. The lowest BCUT2D eigenvalue weighted by atomic mass is 10.2. The van der Waals surface area contributed by atoms with E-state index in [-0.39, 0.29) is 21.9 Å². The number of methoxy groups -OCH3 is 1. The minimum atomic E-state index is -4.22. The van der Waals surface area contributed by atoms with Crippen LogP contribution in [-0.2, 0) is 14.8 Å². The number of amides is 2. The maximum atomic E-state index is 12.4. The first-order valence-corrected chi connectivity index (χ1v) is 9.42. The standard InChI is InChI=1S/C17H17N3O7S/c1-3-18-15(21)11-5-4-6-13(9-11)28(24,25)20-16(22)12-7-8-14(19-10-12)27-17(23)26-2/h4-10H,3H2,1-2H3,(H,18,21)(H,20,22). The van der Waals surface area contributed by atoms with Gasteiger partial charge in [0.2, 0.25) is 5.88 Å². The Morgan fingerprint density at radius 2 is 1.82 bits per heavy atom. The summed E-state index contributed by atoms with van der Waals surface area (Å²) < 4.78 is 35.7. The van der Waals surface area contributed by atoms with Crippen molar-refractivity contribution in [1.29, 1.82) is 0 Å². The second-order valence-electron chi connectivity index (χ2n) is 5.26. The summed E-state index contributed by atoms with van der Waals surface area (Å²) in [4.78, 5) is 38.5. The van der Waals surface area contributed by atoms with Gasteiger partial charge in [0, 0.05) is 24.4 Å². The number of aromatic nitrogens is 1. The zero-order valence-corrected chi connectivity index (χ0v) is 15.8. The summed E-state index contributed by atoms with van der Waals surface area (Å²) in [5.74, 6) is -1.50. The number of hydrogen-bond acceptors (Lipinski definition) is 8. The molecule has 28 heavy (non-hydrogen) atoms. The van der Waals surface area contributed by atoms with Gasteiger partial charge in [0.15, 0.2) is 0 Å². The van der Waals surface area contributed by atoms with Crippen molar-refractivity contribution in [1.82, 2.24) is 15.0 Å². The molecule has 0 aliphatic rings. The molecular formula is C17H17N3O7S. The first-order valence-electron chi connectivity index (χ1n) is 7.94. The van der Waals surface area contributed by atoms with Crippen molar-refractivity contribution in [3.8, 4) is 5.88 Å². The Morgan fingerprint density at radius 3 is 2.43 bits per heavy atom. The molecule has 2 rings (SSSR count). The van der Waals surface area contributed by atoms with Crippen LogP contribution in [-0.4, -0.2) is 45.0 Å². The average molecular weight is 407 g/mol. The van der Waals surface area contributed by atoms with Crippen LogP contribution in [0.2, 0.25) is 0 Å². The minimum Gasteiger partial charge on any atom is -0.437 e. The van der Waals surface area contributed by atoms with Crippen LogP contribution in [0.15, 0.2) is 47.5 Å². The molecule has 0 aliphatic carbocycles. The summed E-state index contributed by atoms with van der Waals surface area (Å²) in [6.45, 7) is 2.11. The summed E-state index contributed by atoms with van der Waals surface area (Å²) in [7, 11) is -3.10. The number of hydrogen-bond donors (Lipinski definition) is 2. The first kappa shape index (κ1) is 20.8. The smallest absolute Gasteiger partial charge is 0.437 e. The van der Waals surface area contributed by atoms with E-state index in [1.165, 1.54) is 30.3 Å². The molecule has 0 spiro atoms. The highest BCUT2D eigenvalue weighted by molar-refractivity contribution is 7.90. The summed E-state index contributed by atoms with van der Waals surface area (Å²) in [5, 5.41) is 2.56. The maximum absolute atomic E-state index is 12.4. The fourth-order valence-corrected chi connectivity index (χ4v) is 3.03. The van der Waals surface area contributed by atoms with Gasteiger partial charge in [-0.2, -0.15) is 0 Å². The number of carbonyl (C=O) groups is 3. The Kier molecular flexibility index (Phi) is 6.66. The zero-order valence-electron chi connectivity index (χ0n) is 15.0. The number of carbonyl (C=O) groups excluding carboxylic acids is 3. The molecule has 0 saturated heterocycles. The number of nitrogens with zero attached hydrogens (tertiary/aromatic N) is 1. The molecule has 2 aromatic rings. The van der Waals surface area contributed by atoms with Crippen molar-refractivity contribution in [2.75, 3.05) is 13.7 Å². The van der Waals surface area contributed by atoms with Crippen LogP contribution in [0.4, 0.5) is 4.79 Å². The van der Waals surface area contributed by atoms with Crippen LogP contribution in [0.3, 0.4) is 0 Å². The van der Waals surface area contributed by atoms with E-state index in [1.54, 1.807) is 6.92 Å². The number of sulfonamides is 1. The average Bonchev–Trinajstić information content (AvgIpc) is 2.68. The fraction of sp³-hybridized carbons (Fsp3) is 0.176. The van der Waals surface area contributed by atoms with E-state index >= 15 is 0 Å². The van der Waals surface area contributed by atoms with E-state index < -0.39 is 28.0 Å². The summed E-state index contributed by atoms with van der Waals surface area (Å²) in [5.41, 5.74) is 0.0591. The number of rotatable bonds is 6. The van der Waals surface area contributed by atoms with E-state index in [0.29, 0.717) is 6.54 Å². The molecule has 2 N–H and O–H groups in total. The van der Waals surface area contributed by atoms with Gasteiger partial charge in [-0.05, 0) is 31.2 Å². The molecule has 148 valence electrons. The van der Waals surface area contributed by atoms with Crippen molar-refractivity contribution in [2.24, 2.45) is 0 Å². The quantitative estimate of drug-likeness (QED) is 0.678. The third kappa shape index (κ3) is 5.27. The minimum absolute atomic E-state index is 0.0827. The lowest BCUT2D eigenvalue weighted by Gasteiger charge is -2.09. The third-order valence-corrected chi connectivity index (χ3v) is 4.65.